The zero-order valence-electron chi connectivity index (χ0n) is 14.2. The van der Waals surface area contributed by atoms with Crippen LogP contribution in [-0.2, 0) is 9.59 Å². The molecule has 0 aliphatic rings. The van der Waals surface area contributed by atoms with Crippen molar-refractivity contribution in [2.75, 3.05) is 11.9 Å². The fourth-order valence-electron chi connectivity index (χ4n) is 1.96. The molecule has 2 rings (SSSR count). The van der Waals surface area contributed by atoms with Crippen LogP contribution in [0.1, 0.15) is 11.1 Å². The summed E-state index contributed by atoms with van der Waals surface area (Å²) in [5.41, 5.74) is 4.14. The summed E-state index contributed by atoms with van der Waals surface area (Å²) in [5, 5.41) is 6.73. The Balaban J connectivity index is 1.93. The SMILES string of the molecule is C=CCOc1cccc(/C=N\NC(=O)C(=O)Nc2cc(Cl)ccc2C)c1. The Kier molecular flexibility index (Phi) is 6.93. The zero-order valence-corrected chi connectivity index (χ0v) is 14.9. The molecule has 0 aliphatic carbocycles. The topological polar surface area (TPSA) is 79.8 Å². The summed E-state index contributed by atoms with van der Waals surface area (Å²) in [5.74, 6) is -1.08. The molecule has 0 spiro atoms. The maximum atomic E-state index is 11.9. The largest absolute Gasteiger partial charge is 0.490 e. The van der Waals surface area contributed by atoms with Crippen LogP contribution in [0.2, 0.25) is 5.02 Å². The first-order valence-electron chi connectivity index (χ1n) is 7.74. The molecule has 7 heteroatoms. The van der Waals surface area contributed by atoms with E-state index in [1.165, 1.54) is 6.21 Å². The second kappa shape index (κ2) is 9.39. The van der Waals surface area contributed by atoms with Crippen molar-refractivity contribution in [1.82, 2.24) is 5.43 Å². The highest BCUT2D eigenvalue weighted by Crippen LogP contribution is 2.20. The minimum absolute atomic E-state index is 0.389. The molecule has 2 amide bonds. The van der Waals surface area contributed by atoms with E-state index in [1.807, 2.05) is 0 Å². The Hall–Kier alpha value is -3.12. The molecule has 134 valence electrons. The van der Waals surface area contributed by atoms with Crippen LogP contribution in [0, 0.1) is 6.92 Å². The van der Waals surface area contributed by atoms with Gasteiger partial charge >= 0.3 is 11.8 Å². The Labute approximate surface area is 156 Å². The highest BCUT2D eigenvalue weighted by atomic mass is 35.5. The monoisotopic (exact) mass is 371 g/mol. The van der Waals surface area contributed by atoms with Gasteiger partial charge in [-0.05, 0) is 42.3 Å². The van der Waals surface area contributed by atoms with E-state index in [1.54, 1.807) is 55.5 Å². The van der Waals surface area contributed by atoms with Crippen molar-refractivity contribution >= 4 is 35.3 Å². The molecule has 0 fully saturated rings. The molecule has 2 aromatic rings. The zero-order chi connectivity index (χ0) is 18.9. The number of hydrogen-bond acceptors (Lipinski definition) is 4. The minimum atomic E-state index is -0.889. The molecule has 26 heavy (non-hydrogen) atoms. The summed E-state index contributed by atoms with van der Waals surface area (Å²) < 4.78 is 5.41. The number of halogens is 1. The summed E-state index contributed by atoms with van der Waals surface area (Å²) >= 11 is 5.88. The highest BCUT2D eigenvalue weighted by Gasteiger charge is 2.14. The molecule has 0 saturated heterocycles. The van der Waals surface area contributed by atoms with Gasteiger partial charge in [-0.1, -0.05) is 42.5 Å². The lowest BCUT2D eigenvalue weighted by Gasteiger charge is -2.07. The van der Waals surface area contributed by atoms with Crippen LogP contribution in [0.15, 0.2) is 60.2 Å². The van der Waals surface area contributed by atoms with Crippen molar-refractivity contribution in [3.63, 3.8) is 0 Å². The van der Waals surface area contributed by atoms with Crippen LogP contribution in [0.4, 0.5) is 5.69 Å². The number of amides is 2. The van der Waals surface area contributed by atoms with Gasteiger partial charge in [0.25, 0.3) is 0 Å². The maximum absolute atomic E-state index is 11.9. The van der Waals surface area contributed by atoms with Crippen molar-refractivity contribution < 1.29 is 14.3 Å². The quantitative estimate of drug-likeness (QED) is 0.354. The van der Waals surface area contributed by atoms with Crippen LogP contribution in [0.25, 0.3) is 0 Å². The molecule has 2 aromatic carbocycles. The van der Waals surface area contributed by atoms with Crippen molar-refractivity contribution in [2.45, 2.75) is 6.92 Å². The van der Waals surface area contributed by atoms with E-state index in [-0.39, 0.29) is 0 Å². The molecule has 0 unspecified atom stereocenters. The molecule has 6 nitrogen and oxygen atoms in total. The van der Waals surface area contributed by atoms with Gasteiger partial charge in [-0.2, -0.15) is 5.10 Å². The third-order valence-electron chi connectivity index (χ3n) is 3.26. The summed E-state index contributed by atoms with van der Waals surface area (Å²) in [4.78, 5) is 23.8. The van der Waals surface area contributed by atoms with E-state index in [0.717, 1.165) is 5.56 Å². The number of rotatable bonds is 6. The Bertz CT molecular complexity index is 850. The average Bonchev–Trinajstić information content (AvgIpc) is 2.63. The van der Waals surface area contributed by atoms with E-state index < -0.39 is 11.8 Å². The average molecular weight is 372 g/mol. The minimum Gasteiger partial charge on any atom is -0.490 e. The lowest BCUT2D eigenvalue weighted by atomic mass is 10.2. The number of hydrazone groups is 1. The lowest BCUT2D eigenvalue weighted by Crippen LogP contribution is -2.32. The van der Waals surface area contributed by atoms with E-state index in [2.05, 4.69) is 22.4 Å². The lowest BCUT2D eigenvalue weighted by molar-refractivity contribution is -0.136. The van der Waals surface area contributed by atoms with E-state index in [4.69, 9.17) is 16.3 Å². The number of hydrogen-bond donors (Lipinski definition) is 2. The predicted octanol–water partition coefficient (Wildman–Crippen LogP) is 3.30. The first kappa shape index (κ1) is 19.2. The normalized spacial score (nSPS) is 10.4. The summed E-state index contributed by atoms with van der Waals surface area (Å²) in [6.07, 6.45) is 3.05. The first-order chi connectivity index (χ1) is 12.5. The van der Waals surface area contributed by atoms with Gasteiger partial charge in [-0.25, -0.2) is 5.43 Å². The number of carbonyl (C=O) groups is 2. The third kappa shape index (κ3) is 5.75. The fourth-order valence-corrected chi connectivity index (χ4v) is 2.14. The van der Waals surface area contributed by atoms with Gasteiger partial charge in [0.05, 0.1) is 6.21 Å². The molecule has 2 N–H and O–H groups in total. The molecule has 0 radical (unpaired) electrons. The van der Waals surface area contributed by atoms with Crippen LogP contribution in [0.5, 0.6) is 5.75 Å². The highest BCUT2D eigenvalue weighted by molar-refractivity contribution is 6.40. The predicted molar refractivity (Wildman–Crippen MR) is 103 cm³/mol. The number of nitrogens with one attached hydrogen (secondary N) is 2. The van der Waals surface area contributed by atoms with Gasteiger partial charge in [0.15, 0.2) is 0 Å². The molecular formula is C19H18ClN3O3. The molecule has 0 atom stereocenters. The second-order valence-corrected chi connectivity index (χ2v) is 5.72. The standard InChI is InChI=1S/C19H18ClN3O3/c1-3-9-26-16-6-4-5-14(10-16)12-21-23-19(25)18(24)22-17-11-15(20)8-7-13(17)2/h3-8,10-12H,1,9H2,2H3,(H,22,24)(H,23,25)/b21-12-. The molecule has 0 heterocycles. The third-order valence-corrected chi connectivity index (χ3v) is 3.49. The molecule has 0 saturated carbocycles. The number of benzene rings is 2. The smallest absolute Gasteiger partial charge is 0.329 e. The van der Waals surface area contributed by atoms with Crippen molar-refractivity contribution in [1.29, 1.82) is 0 Å². The van der Waals surface area contributed by atoms with Gasteiger partial charge in [0.1, 0.15) is 12.4 Å². The summed E-state index contributed by atoms with van der Waals surface area (Å²) in [7, 11) is 0. The Morgan fingerprint density at radius 1 is 1.23 bits per heavy atom. The molecule has 0 aromatic heterocycles. The fraction of sp³-hybridized carbons (Fsp3) is 0.105. The number of nitrogens with zero attached hydrogens (tertiary/aromatic N) is 1. The van der Waals surface area contributed by atoms with E-state index in [0.29, 0.717) is 28.6 Å². The van der Waals surface area contributed by atoms with Crippen molar-refractivity contribution in [3.05, 3.63) is 71.3 Å². The van der Waals surface area contributed by atoms with Crippen LogP contribution >= 0.6 is 11.6 Å². The summed E-state index contributed by atoms with van der Waals surface area (Å²) in [6, 6.07) is 12.1. The number of anilines is 1. The molecule has 0 bridgehead atoms. The van der Waals surface area contributed by atoms with Crippen LogP contribution in [0.3, 0.4) is 0 Å². The van der Waals surface area contributed by atoms with Gasteiger partial charge in [-0.15, -0.1) is 0 Å². The van der Waals surface area contributed by atoms with E-state index in [9.17, 15) is 9.59 Å². The first-order valence-corrected chi connectivity index (χ1v) is 8.11. The number of aryl methyl sites for hydroxylation is 1. The Morgan fingerprint density at radius 3 is 2.81 bits per heavy atom. The van der Waals surface area contributed by atoms with Gasteiger partial charge in [0.2, 0.25) is 0 Å². The van der Waals surface area contributed by atoms with E-state index >= 15 is 0 Å². The van der Waals surface area contributed by atoms with Crippen molar-refractivity contribution in [3.8, 4) is 5.75 Å². The van der Waals surface area contributed by atoms with Crippen molar-refractivity contribution in [2.24, 2.45) is 5.10 Å². The number of ether oxygens (including phenoxy) is 1. The second-order valence-electron chi connectivity index (χ2n) is 5.28. The van der Waals surface area contributed by atoms with Crippen LogP contribution in [-0.4, -0.2) is 24.6 Å². The molecule has 0 aliphatic heterocycles. The van der Waals surface area contributed by atoms with Gasteiger partial charge in [-0.3, -0.25) is 9.59 Å². The van der Waals surface area contributed by atoms with Gasteiger partial charge in [0, 0.05) is 10.7 Å². The maximum Gasteiger partial charge on any atom is 0.329 e. The van der Waals surface area contributed by atoms with Crippen LogP contribution < -0.4 is 15.5 Å². The Morgan fingerprint density at radius 2 is 2.04 bits per heavy atom. The summed E-state index contributed by atoms with van der Waals surface area (Å²) in [6.45, 7) is 5.76. The molecular weight excluding hydrogens is 354 g/mol. The van der Waals surface area contributed by atoms with Gasteiger partial charge < -0.3 is 10.1 Å². The number of carbonyl (C=O) groups excluding carboxylic acids is 2.